The highest BCUT2D eigenvalue weighted by atomic mass is 35.5. The largest absolute Gasteiger partial charge is 0.351 e. The molecule has 6 heteroatoms. The zero-order valence-corrected chi connectivity index (χ0v) is 18.9. The van der Waals surface area contributed by atoms with E-state index in [-0.39, 0.29) is 5.28 Å². The Morgan fingerprint density at radius 1 is 0.844 bits per heavy atom. The molecule has 3 heterocycles. The van der Waals surface area contributed by atoms with Crippen LogP contribution in [0.15, 0.2) is 91.1 Å². The first-order valence-electron chi connectivity index (χ1n) is 10.5. The molecule has 0 aliphatic carbocycles. The number of anilines is 1. The Morgan fingerprint density at radius 2 is 1.59 bits per heavy atom. The molecule has 0 fully saturated rings. The quantitative estimate of drug-likeness (QED) is 0.257. The van der Waals surface area contributed by atoms with Crippen molar-refractivity contribution in [2.75, 3.05) is 11.4 Å². The molecule has 158 valence electrons. The van der Waals surface area contributed by atoms with E-state index in [9.17, 15) is 0 Å². The molecule has 0 atom stereocenters. The highest BCUT2D eigenvalue weighted by Crippen LogP contribution is 2.37. The van der Waals surface area contributed by atoms with Crippen LogP contribution < -0.4 is 4.90 Å². The average molecular weight is 457 g/mol. The first-order valence-corrected chi connectivity index (χ1v) is 11.7. The maximum Gasteiger partial charge on any atom is 0.225 e. The Balaban J connectivity index is 1.55. The number of thiophene rings is 1. The van der Waals surface area contributed by atoms with E-state index in [1.54, 1.807) is 11.3 Å². The molecule has 0 bridgehead atoms. The Kier molecular flexibility index (Phi) is 6.10. The molecule has 3 aromatic heterocycles. The Hall–Kier alpha value is -3.28. The van der Waals surface area contributed by atoms with Gasteiger partial charge in [0.2, 0.25) is 5.28 Å². The fourth-order valence-corrected chi connectivity index (χ4v) is 4.97. The fraction of sp³-hybridized carbons (Fsp3) is 0.115. The van der Waals surface area contributed by atoms with Crippen LogP contribution >= 0.6 is 22.9 Å². The lowest BCUT2D eigenvalue weighted by atomic mass is 10.1. The van der Waals surface area contributed by atoms with Gasteiger partial charge >= 0.3 is 0 Å². The normalized spacial score (nSPS) is 11.0. The minimum absolute atomic E-state index is 0.268. The van der Waals surface area contributed by atoms with E-state index in [0.29, 0.717) is 0 Å². The molecular formula is C26H21ClN4S. The van der Waals surface area contributed by atoms with Crippen molar-refractivity contribution >= 4 is 39.0 Å². The predicted octanol–water partition coefficient (Wildman–Crippen LogP) is 6.66. The molecule has 0 radical (unpaired) electrons. The second-order valence-electron chi connectivity index (χ2n) is 7.49. The van der Waals surface area contributed by atoms with Crippen LogP contribution in [0.5, 0.6) is 0 Å². The molecule has 32 heavy (non-hydrogen) atoms. The molecule has 0 saturated carbocycles. The van der Waals surface area contributed by atoms with Crippen LogP contribution in [0.25, 0.3) is 20.7 Å². The summed E-state index contributed by atoms with van der Waals surface area (Å²) >= 11 is 8.03. The Bertz CT molecular complexity index is 1310. The van der Waals surface area contributed by atoms with E-state index in [4.69, 9.17) is 11.6 Å². The second kappa shape index (κ2) is 9.47. The van der Waals surface area contributed by atoms with Crippen LogP contribution in [0.4, 0.5) is 5.82 Å². The van der Waals surface area contributed by atoms with Crippen molar-refractivity contribution in [1.29, 1.82) is 0 Å². The molecule has 5 rings (SSSR count). The maximum absolute atomic E-state index is 6.39. The summed E-state index contributed by atoms with van der Waals surface area (Å²) in [6.07, 6.45) is 2.65. The third-order valence-electron chi connectivity index (χ3n) is 5.28. The molecule has 0 saturated heterocycles. The van der Waals surface area contributed by atoms with Gasteiger partial charge in [-0.25, -0.2) is 4.98 Å². The lowest BCUT2D eigenvalue weighted by Gasteiger charge is -2.24. The standard InChI is InChI=1S/C26H21ClN4S/c27-26-29-24(22-17-23(32-25(22)30-26)20-11-5-2-6-12-20)31(18-19-9-3-1-4-10-19)16-14-21-13-7-8-15-28-21/h1-13,15,17H,14,16,18H2. The summed E-state index contributed by atoms with van der Waals surface area (Å²) < 4.78 is 0. The maximum atomic E-state index is 6.39. The van der Waals surface area contributed by atoms with E-state index < -0.39 is 0 Å². The summed E-state index contributed by atoms with van der Waals surface area (Å²) in [5.74, 6) is 0.859. The van der Waals surface area contributed by atoms with Crippen molar-refractivity contribution in [3.05, 3.63) is 108 Å². The predicted molar refractivity (Wildman–Crippen MR) is 133 cm³/mol. The Morgan fingerprint density at radius 3 is 2.34 bits per heavy atom. The van der Waals surface area contributed by atoms with Crippen LogP contribution in [0.3, 0.4) is 0 Å². The fourth-order valence-electron chi connectivity index (χ4n) is 3.73. The molecule has 0 N–H and O–H groups in total. The van der Waals surface area contributed by atoms with Crippen LogP contribution in [0.1, 0.15) is 11.3 Å². The van der Waals surface area contributed by atoms with Gasteiger partial charge in [-0.1, -0.05) is 66.7 Å². The number of benzene rings is 2. The van der Waals surface area contributed by atoms with Crippen molar-refractivity contribution in [3.8, 4) is 10.4 Å². The summed E-state index contributed by atoms with van der Waals surface area (Å²) in [6.45, 7) is 1.50. The SMILES string of the molecule is Clc1nc(N(CCc2ccccn2)Cc2ccccc2)c2cc(-c3ccccc3)sc2n1. The third kappa shape index (κ3) is 4.64. The molecule has 0 amide bonds. The average Bonchev–Trinajstić information content (AvgIpc) is 3.27. The zero-order valence-electron chi connectivity index (χ0n) is 17.4. The van der Waals surface area contributed by atoms with Gasteiger partial charge in [0.05, 0.1) is 5.39 Å². The highest BCUT2D eigenvalue weighted by molar-refractivity contribution is 7.22. The molecule has 5 aromatic rings. The van der Waals surface area contributed by atoms with Gasteiger partial charge in [-0.05, 0) is 40.9 Å². The summed E-state index contributed by atoms with van der Waals surface area (Å²) in [7, 11) is 0. The van der Waals surface area contributed by atoms with E-state index in [2.05, 4.69) is 68.4 Å². The molecule has 0 unspecified atom stereocenters. The number of halogens is 1. The second-order valence-corrected chi connectivity index (χ2v) is 8.86. The summed E-state index contributed by atoms with van der Waals surface area (Å²) in [6, 6.07) is 29.0. The van der Waals surface area contributed by atoms with Gasteiger partial charge in [0.1, 0.15) is 10.6 Å². The molecule has 0 aliphatic heterocycles. The van der Waals surface area contributed by atoms with Gasteiger partial charge in [0.15, 0.2) is 0 Å². The number of hydrogen-bond donors (Lipinski definition) is 0. The lowest BCUT2D eigenvalue weighted by molar-refractivity contribution is 0.761. The number of pyridine rings is 1. The number of nitrogens with zero attached hydrogens (tertiary/aromatic N) is 4. The van der Waals surface area contributed by atoms with Crippen LogP contribution in [-0.4, -0.2) is 21.5 Å². The number of hydrogen-bond acceptors (Lipinski definition) is 5. The van der Waals surface area contributed by atoms with E-state index in [0.717, 1.165) is 46.1 Å². The minimum Gasteiger partial charge on any atom is -0.351 e. The van der Waals surface area contributed by atoms with E-state index in [1.807, 2.05) is 42.6 Å². The first kappa shape index (κ1) is 20.6. The van der Waals surface area contributed by atoms with Crippen molar-refractivity contribution in [3.63, 3.8) is 0 Å². The van der Waals surface area contributed by atoms with Gasteiger partial charge in [-0.2, -0.15) is 4.98 Å². The van der Waals surface area contributed by atoms with Crippen LogP contribution in [0.2, 0.25) is 5.28 Å². The van der Waals surface area contributed by atoms with Crippen molar-refractivity contribution in [1.82, 2.24) is 15.0 Å². The molecule has 2 aromatic carbocycles. The molecule has 4 nitrogen and oxygen atoms in total. The monoisotopic (exact) mass is 456 g/mol. The smallest absolute Gasteiger partial charge is 0.225 e. The zero-order chi connectivity index (χ0) is 21.8. The summed E-state index contributed by atoms with van der Waals surface area (Å²) in [5.41, 5.74) is 3.44. The first-order chi connectivity index (χ1) is 15.8. The number of rotatable bonds is 7. The summed E-state index contributed by atoms with van der Waals surface area (Å²) in [5, 5.41) is 1.29. The van der Waals surface area contributed by atoms with Gasteiger partial charge in [-0.15, -0.1) is 11.3 Å². The minimum atomic E-state index is 0.268. The topological polar surface area (TPSA) is 41.9 Å². The molecular weight excluding hydrogens is 436 g/mol. The molecule has 0 aliphatic rings. The number of fused-ring (bicyclic) bond motifs is 1. The highest BCUT2D eigenvalue weighted by Gasteiger charge is 2.18. The molecule has 0 spiro atoms. The van der Waals surface area contributed by atoms with Crippen molar-refractivity contribution in [2.45, 2.75) is 13.0 Å². The van der Waals surface area contributed by atoms with Crippen molar-refractivity contribution in [2.24, 2.45) is 0 Å². The lowest BCUT2D eigenvalue weighted by Crippen LogP contribution is -2.26. The van der Waals surface area contributed by atoms with Crippen molar-refractivity contribution < 1.29 is 0 Å². The van der Waals surface area contributed by atoms with Gasteiger partial charge in [0, 0.05) is 36.3 Å². The third-order valence-corrected chi connectivity index (χ3v) is 6.53. The van der Waals surface area contributed by atoms with E-state index >= 15 is 0 Å². The number of aromatic nitrogens is 3. The summed E-state index contributed by atoms with van der Waals surface area (Å²) in [4.78, 5) is 18.0. The Labute approximate surface area is 196 Å². The van der Waals surface area contributed by atoms with Crippen LogP contribution in [-0.2, 0) is 13.0 Å². The van der Waals surface area contributed by atoms with Gasteiger partial charge in [-0.3, -0.25) is 4.98 Å². The van der Waals surface area contributed by atoms with Crippen LogP contribution in [0, 0.1) is 0 Å². The van der Waals surface area contributed by atoms with Gasteiger partial charge in [0.25, 0.3) is 0 Å². The van der Waals surface area contributed by atoms with Gasteiger partial charge < -0.3 is 4.90 Å². The van der Waals surface area contributed by atoms with E-state index in [1.165, 1.54) is 11.1 Å².